The monoisotopic (exact) mass is 490 g/mol. The number of anilines is 1. The Bertz CT molecular complexity index is 1210. The van der Waals surface area contributed by atoms with E-state index < -0.39 is 11.8 Å². The van der Waals surface area contributed by atoms with Crippen LogP contribution in [-0.4, -0.2) is 37.3 Å². The van der Waals surface area contributed by atoms with Crippen molar-refractivity contribution in [1.82, 2.24) is 5.32 Å². The van der Waals surface area contributed by atoms with Crippen LogP contribution >= 0.6 is 11.8 Å². The number of hydrogen-bond donors (Lipinski definition) is 2. The quantitative estimate of drug-likeness (QED) is 0.242. The van der Waals surface area contributed by atoms with E-state index in [-0.39, 0.29) is 17.4 Å². The van der Waals surface area contributed by atoms with Crippen LogP contribution in [0.2, 0.25) is 0 Å². The van der Waals surface area contributed by atoms with E-state index in [1.54, 1.807) is 60.7 Å². The maximum absolute atomic E-state index is 13.3. The van der Waals surface area contributed by atoms with Crippen molar-refractivity contribution >= 4 is 41.3 Å². The van der Waals surface area contributed by atoms with Crippen LogP contribution in [-0.2, 0) is 14.3 Å². The zero-order valence-corrected chi connectivity index (χ0v) is 20.3. The summed E-state index contributed by atoms with van der Waals surface area (Å²) in [7, 11) is 1.33. The molecule has 0 unspecified atom stereocenters. The van der Waals surface area contributed by atoms with Crippen LogP contribution in [0.1, 0.15) is 22.8 Å². The number of esters is 1. The third-order valence-corrected chi connectivity index (χ3v) is 5.69. The first kappa shape index (κ1) is 25.6. The standard InChI is InChI=1S/C27H26N2O5S/c1-3-34-24-15-8-7-12-20(24)16-23(29-26(31)19-10-5-4-6-11-19)27(32)28-21-13-9-14-22(17-21)35-18-25(30)33-2/h4-17H,3,18H2,1-2H3,(H,28,32)(H,29,31)/b23-16+. The van der Waals surface area contributed by atoms with Crippen LogP contribution in [0.4, 0.5) is 5.69 Å². The van der Waals surface area contributed by atoms with E-state index >= 15 is 0 Å². The van der Waals surface area contributed by atoms with Gasteiger partial charge >= 0.3 is 5.97 Å². The van der Waals surface area contributed by atoms with Gasteiger partial charge in [0.25, 0.3) is 11.8 Å². The van der Waals surface area contributed by atoms with E-state index in [1.165, 1.54) is 18.9 Å². The fourth-order valence-electron chi connectivity index (χ4n) is 3.05. The van der Waals surface area contributed by atoms with Crippen LogP contribution in [0.5, 0.6) is 5.75 Å². The van der Waals surface area contributed by atoms with Crippen LogP contribution in [0.3, 0.4) is 0 Å². The lowest BCUT2D eigenvalue weighted by atomic mass is 10.1. The molecule has 3 aromatic rings. The van der Waals surface area contributed by atoms with Gasteiger partial charge in [-0.05, 0) is 49.4 Å². The van der Waals surface area contributed by atoms with Gasteiger partial charge in [0.1, 0.15) is 11.4 Å². The van der Waals surface area contributed by atoms with Crippen molar-refractivity contribution in [2.45, 2.75) is 11.8 Å². The summed E-state index contributed by atoms with van der Waals surface area (Å²) < 4.78 is 10.3. The highest BCUT2D eigenvalue weighted by atomic mass is 32.2. The molecule has 0 heterocycles. The van der Waals surface area contributed by atoms with E-state index in [1.807, 2.05) is 31.2 Å². The predicted octanol–water partition coefficient (Wildman–Crippen LogP) is 4.76. The van der Waals surface area contributed by atoms with Crippen molar-refractivity contribution in [2.75, 3.05) is 24.8 Å². The number of methoxy groups -OCH3 is 1. The third-order valence-electron chi connectivity index (χ3n) is 4.72. The number of nitrogens with one attached hydrogen (secondary N) is 2. The molecule has 0 fully saturated rings. The summed E-state index contributed by atoms with van der Waals surface area (Å²) in [6.07, 6.45) is 1.58. The Morgan fingerprint density at radius 2 is 1.69 bits per heavy atom. The molecule has 3 aromatic carbocycles. The molecule has 0 aliphatic carbocycles. The second-order valence-electron chi connectivity index (χ2n) is 7.20. The first-order chi connectivity index (χ1) is 17.0. The molecule has 0 aliphatic rings. The molecular weight excluding hydrogens is 464 g/mol. The van der Waals surface area contributed by atoms with E-state index in [9.17, 15) is 14.4 Å². The lowest BCUT2D eigenvalue weighted by Crippen LogP contribution is -2.30. The summed E-state index contributed by atoms with van der Waals surface area (Å²) in [5, 5.41) is 5.54. The minimum absolute atomic E-state index is 0.0543. The summed E-state index contributed by atoms with van der Waals surface area (Å²) in [5.74, 6) is -0.513. The van der Waals surface area contributed by atoms with Crippen LogP contribution in [0.15, 0.2) is 89.5 Å². The van der Waals surface area contributed by atoms with E-state index in [0.717, 1.165) is 4.90 Å². The average Bonchev–Trinajstić information content (AvgIpc) is 2.88. The van der Waals surface area contributed by atoms with Gasteiger partial charge in [0, 0.05) is 21.7 Å². The summed E-state index contributed by atoms with van der Waals surface area (Å²) in [4.78, 5) is 38.3. The molecule has 2 amide bonds. The molecule has 0 spiro atoms. The molecule has 3 rings (SSSR count). The van der Waals surface area contributed by atoms with Gasteiger partial charge in [-0.25, -0.2) is 0 Å². The highest BCUT2D eigenvalue weighted by molar-refractivity contribution is 8.00. The molecule has 35 heavy (non-hydrogen) atoms. The number of carbonyl (C=O) groups is 3. The van der Waals surface area contributed by atoms with Crippen molar-refractivity contribution in [3.8, 4) is 5.75 Å². The van der Waals surface area contributed by atoms with E-state index in [0.29, 0.717) is 29.2 Å². The number of benzene rings is 3. The molecular formula is C27H26N2O5S. The second-order valence-corrected chi connectivity index (χ2v) is 8.24. The van der Waals surface area contributed by atoms with Crippen LogP contribution in [0, 0.1) is 0 Å². The Labute approximate surface area is 208 Å². The maximum atomic E-state index is 13.3. The molecule has 0 radical (unpaired) electrons. The van der Waals surface area contributed by atoms with Gasteiger partial charge in [-0.1, -0.05) is 42.5 Å². The zero-order chi connectivity index (χ0) is 25.0. The minimum atomic E-state index is -0.504. The number of thioether (sulfide) groups is 1. The van der Waals surface area contributed by atoms with Crippen LogP contribution in [0.25, 0.3) is 6.08 Å². The lowest BCUT2D eigenvalue weighted by Gasteiger charge is -2.13. The SMILES string of the molecule is CCOc1ccccc1/C=C(/NC(=O)c1ccccc1)C(=O)Nc1cccc(SCC(=O)OC)c1. The highest BCUT2D eigenvalue weighted by Gasteiger charge is 2.16. The first-order valence-corrected chi connectivity index (χ1v) is 11.9. The van der Waals surface area contributed by atoms with Crippen molar-refractivity contribution in [3.05, 3.63) is 95.7 Å². The number of rotatable bonds is 10. The molecule has 8 heteroatoms. The van der Waals surface area contributed by atoms with Crippen molar-refractivity contribution < 1.29 is 23.9 Å². The summed E-state index contributed by atoms with van der Waals surface area (Å²) >= 11 is 1.29. The number of carbonyl (C=O) groups excluding carboxylic acids is 3. The van der Waals surface area contributed by atoms with E-state index in [2.05, 4.69) is 15.4 Å². The van der Waals surface area contributed by atoms with Crippen molar-refractivity contribution in [3.63, 3.8) is 0 Å². The number of para-hydroxylation sites is 1. The molecule has 7 nitrogen and oxygen atoms in total. The van der Waals surface area contributed by atoms with Crippen molar-refractivity contribution in [1.29, 1.82) is 0 Å². The topological polar surface area (TPSA) is 93.7 Å². The smallest absolute Gasteiger partial charge is 0.315 e. The number of hydrogen-bond acceptors (Lipinski definition) is 6. The predicted molar refractivity (Wildman–Crippen MR) is 137 cm³/mol. The number of amides is 2. The second kappa shape index (κ2) is 13.0. The summed E-state index contributed by atoms with van der Waals surface area (Å²) in [5.41, 5.74) is 1.64. The minimum Gasteiger partial charge on any atom is -0.493 e. The number of ether oxygens (including phenoxy) is 2. The van der Waals surface area contributed by atoms with Gasteiger partial charge in [0.15, 0.2) is 0 Å². The Balaban J connectivity index is 1.87. The van der Waals surface area contributed by atoms with Gasteiger partial charge in [-0.15, -0.1) is 11.8 Å². The third kappa shape index (κ3) is 7.75. The van der Waals surface area contributed by atoms with Gasteiger partial charge in [0.05, 0.1) is 19.5 Å². The normalized spacial score (nSPS) is 10.9. The molecule has 0 aliphatic heterocycles. The molecule has 0 atom stereocenters. The first-order valence-electron chi connectivity index (χ1n) is 10.9. The molecule has 0 saturated carbocycles. The van der Waals surface area contributed by atoms with Gasteiger partial charge in [0.2, 0.25) is 0 Å². The Kier molecular flexibility index (Phi) is 9.50. The molecule has 0 aromatic heterocycles. The Morgan fingerprint density at radius 1 is 0.943 bits per heavy atom. The molecule has 0 saturated heterocycles. The highest BCUT2D eigenvalue weighted by Crippen LogP contribution is 2.24. The average molecular weight is 491 g/mol. The van der Waals surface area contributed by atoms with Gasteiger partial charge in [-0.3, -0.25) is 14.4 Å². The molecule has 2 N–H and O–H groups in total. The molecule has 0 bridgehead atoms. The largest absolute Gasteiger partial charge is 0.493 e. The zero-order valence-electron chi connectivity index (χ0n) is 19.4. The molecule has 180 valence electrons. The van der Waals surface area contributed by atoms with E-state index in [4.69, 9.17) is 4.74 Å². The fraction of sp³-hybridized carbons (Fsp3) is 0.148. The van der Waals surface area contributed by atoms with Gasteiger partial charge < -0.3 is 20.1 Å². The summed E-state index contributed by atoms with van der Waals surface area (Å²) in [6, 6.07) is 23.0. The summed E-state index contributed by atoms with van der Waals surface area (Å²) in [6.45, 7) is 2.33. The Morgan fingerprint density at radius 3 is 2.43 bits per heavy atom. The Hall–Kier alpha value is -4.04. The van der Waals surface area contributed by atoms with Gasteiger partial charge in [-0.2, -0.15) is 0 Å². The lowest BCUT2D eigenvalue weighted by molar-refractivity contribution is -0.137. The van der Waals surface area contributed by atoms with Crippen molar-refractivity contribution in [2.24, 2.45) is 0 Å². The fourth-order valence-corrected chi connectivity index (χ4v) is 3.84. The maximum Gasteiger partial charge on any atom is 0.315 e. The van der Waals surface area contributed by atoms with Crippen LogP contribution < -0.4 is 15.4 Å².